The van der Waals surface area contributed by atoms with Crippen LogP contribution >= 0.6 is 0 Å². The first-order valence-corrected chi connectivity index (χ1v) is 11.9. The molecule has 1 amide bonds. The average Bonchev–Trinajstić information content (AvgIpc) is 2.94. The minimum atomic E-state index is -3.47. The van der Waals surface area contributed by atoms with Gasteiger partial charge in [0.2, 0.25) is 15.9 Å². The highest BCUT2D eigenvalue weighted by Crippen LogP contribution is 2.17. The lowest BCUT2D eigenvalue weighted by Gasteiger charge is -2.18. The Bertz CT molecular complexity index is 959. The molecule has 0 unspecified atom stereocenters. The highest BCUT2D eigenvalue weighted by Gasteiger charge is 2.21. The molecule has 0 aliphatic carbocycles. The van der Waals surface area contributed by atoms with Crippen molar-refractivity contribution in [3.05, 3.63) is 46.8 Å². The fourth-order valence-corrected chi connectivity index (χ4v) is 4.89. The molecule has 2 aromatic rings. The first-order valence-electron chi connectivity index (χ1n) is 10.5. The van der Waals surface area contributed by atoms with Gasteiger partial charge in [-0.25, -0.2) is 8.42 Å². The van der Waals surface area contributed by atoms with E-state index < -0.39 is 10.0 Å². The zero-order valence-corrected chi connectivity index (χ0v) is 19.7. The highest BCUT2D eigenvalue weighted by molar-refractivity contribution is 7.89. The number of rotatable bonds is 10. The summed E-state index contributed by atoms with van der Waals surface area (Å²) < 4.78 is 28.5. The number of carbonyl (C=O) groups excluding carboxylic acids is 1. The summed E-state index contributed by atoms with van der Waals surface area (Å²) in [5.41, 5.74) is 3.73. The van der Waals surface area contributed by atoms with Gasteiger partial charge < -0.3 is 5.32 Å². The first-order chi connectivity index (χ1) is 14.1. The van der Waals surface area contributed by atoms with Gasteiger partial charge in [-0.1, -0.05) is 39.8 Å². The van der Waals surface area contributed by atoms with Crippen LogP contribution in [-0.2, 0) is 34.3 Å². The van der Waals surface area contributed by atoms with Gasteiger partial charge in [-0.3, -0.25) is 9.48 Å². The van der Waals surface area contributed by atoms with E-state index in [0.717, 1.165) is 29.1 Å². The molecule has 1 N–H and O–H groups in total. The molecule has 0 atom stereocenters. The number of nitrogens with zero attached hydrogens (tertiary/aromatic N) is 3. The van der Waals surface area contributed by atoms with Gasteiger partial charge in [-0.15, -0.1) is 0 Å². The maximum Gasteiger partial charge on any atom is 0.243 e. The summed E-state index contributed by atoms with van der Waals surface area (Å²) in [4.78, 5) is 12.7. The van der Waals surface area contributed by atoms with E-state index in [1.165, 1.54) is 4.31 Å². The van der Waals surface area contributed by atoms with E-state index >= 15 is 0 Å². The SMILES string of the molecule is CCN(CC)S(=O)(=O)c1ccc(CNC(=O)Cc2c(C)nn(CC(C)C)c2C)cc1. The van der Waals surface area contributed by atoms with Crippen LogP contribution in [0.1, 0.15) is 50.2 Å². The van der Waals surface area contributed by atoms with E-state index in [2.05, 4.69) is 24.3 Å². The van der Waals surface area contributed by atoms with Crippen molar-refractivity contribution >= 4 is 15.9 Å². The largest absolute Gasteiger partial charge is 0.352 e. The van der Waals surface area contributed by atoms with E-state index in [1.807, 2.05) is 32.4 Å². The molecule has 0 bridgehead atoms. The van der Waals surface area contributed by atoms with Crippen LogP contribution in [0.5, 0.6) is 0 Å². The summed E-state index contributed by atoms with van der Waals surface area (Å²) in [5, 5.41) is 7.48. The number of hydrogen-bond donors (Lipinski definition) is 1. The molecule has 0 saturated heterocycles. The van der Waals surface area contributed by atoms with Crippen molar-refractivity contribution in [3.8, 4) is 0 Å². The summed E-state index contributed by atoms with van der Waals surface area (Å²) in [6.45, 7) is 13.9. The average molecular weight is 435 g/mol. The molecule has 0 aliphatic heterocycles. The van der Waals surface area contributed by atoms with E-state index in [0.29, 0.717) is 25.6 Å². The van der Waals surface area contributed by atoms with Gasteiger partial charge in [0.25, 0.3) is 0 Å². The van der Waals surface area contributed by atoms with Gasteiger partial charge in [-0.2, -0.15) is 9.40 Å². The third kappa shape index (κ3) is 5.70. The normalized spacial score (nSPS) is 12.0. The molecule has 0 radical (unpaired) electrons. The zero-order chi connectivity index (χ0) is 22.5. The van der Waals surface area contributed by atoms with Crippen molar-refractivity contribution < 1.29 is 13.2 Å². The number of sulfonamides is 1. The molecule has 166 valence electrons. The van der Waals surface area contributed by atoms with Crippen LogP contribution < -0.4 is 5.32 Å². The molecule has 0 fully saturated rings. The molecule has 2 rings (SSSR count). The summed E-state index contributed by atoms with van der Waals surface area (Å²) in [5.74, 6) is 0.406. The second-order valence-corrected chi connectivity index (χ2v) is 9.85. The van der Waals surface area contributed by atoms with Crippen molar-refractivity contribution in [2.75, 3.05) is 13.1 Å². The predicted molar refractivity (Wildman–Crippen MR) is 119 cm³/mol. The second kappa shape index (κ2) is 10.2. The molecule has 0 aliphatic rings. The summed E-state index contributed by atoms with van der Waals surface area (Å²) >= 11 is 0. The number of nitrogens with one attached hydrogen (secondary N) is 1. The van der Waals surface area contributed by atoms with Crippen LogP contribution in [0.15, 0.2) is 29.2 Å². The Labute approximate surface area is 180 Å². The third-order valence-corrected chi connectivity index (χ3v) is 7.23. The lowest BCUT2D eigenvalue weighted by molar-refractivity contribution is -0.120. The van der Waals surface area contributed by atoms with E-state index in [-0.39, 0.29) is 17.2 Å². The summed E-state index contributed by atoms with van der Waals surface area (Å²) in [6, 6.07) is 6.68. The standard InChI is InChI=1S/C22H34N4O3S/c1-7-25(8-2)30(28,29)20-11-9-19(10-12-20)14-23-22(27)13-21-17(5)24-26(18(21)6)15-16(3)4/h9-12,16H,7-8,13-15H2,1-6H3,(H,23,27). The number of aromatic nitrogens is 2. The lowest BCUT2D eigenvalue weighted by atomic mass is 10.1. The Morgan fingerprint density at radius 1 is 1.13 bits per heavy atom. The van der Waals surface area contributed by atoms with Crippen LogP contribution in [0.3, 0.4) is 0 Å². The van der Waals surface area contributed by atoms with E-state index in [1.54, 1.807) is 24.3 Å². The maximum atomic E-state index is 12.6. The van der Waals surface area contributed by atoms with Gasteiger partial charge in [0.05, 0.1) is 17.0 Å². The molecule has 1 heterocycles. The molecule has 1 aromatic carbocycles. The fraction of sp³-hybridized carbons (Fsp3) is 0.545. The molecule has 0 saturated carbocycles. The van der Waals surface area contributed by atoms with Gasteiger partial charge >= 0.3 is 0 Å². The van der Waals surface area contributed by atoms with Crippen LogP contribution in [0.25, 0.3) is 0 Å². The van der Waals surface area contributed by atoms with Gasteiger partial charge in [-0.05, 0) is 37.5 Å². The Hall–Kier alpha value is -2.19. The van der Waals surface area contributed by atoms with Crippen molar-refractivity contribution in [1.82, 2.24) is 19.4 Å². The number of hydrogen-bond acceptors (Lipinski definition) is 4. The summed E-state index contributed by atoms with van der Waals surface area (Å²) in [7, 11) is -3.47. The van der Waals surface area contributed by atoms with Gasteiger partial charge in [0, 0.05) is 37.4 Å². The molecule has 1 aromatic heterocycles. The smallest absolute Gasteiger partial charge is 0.243 e. The molecule has 8 heteroatoms. The Morgan fingerprint density at radius 2 is 1.73 bits per heavy atom. The predicted octanol–water partition coefficient (Wildman–Crippen LogP) is 3.05. The Balaban J connectivity index is 2.00. The van der Waals surface area contributed by atoms with Crippen LogP contribution in [-0.4, -0.2) is 41.5 Å². The monoisotopic (exact) mass is 434 g/mol. The van der Waals surface area contributed by atoms with E-state index in [4.69, 9.17) is 0 Å². The Morgan fingerprint density at radius 3 is 2.27 bits per heavy atom. The summed E-state index contributed by atoms with van der Waals surface area (Å²) in [6.07, 6.45) is 0.282. The molecule has 30 heavy (non-hydrogen) atoms. The maximum absolute atomic E-state index is 12.6. The van der Waals surface area contributed by atoms with Gasteiger partial charge in [0.15, 0.2) is 0 Å². The quantitative estimate of drug-likeness (QED) is 0.623. The lowest BCUT2D eigenvalue weighted by Crippen LogP contribution is -2.30. The van der Waals surface area contributed by atoms with Crippen molar-refractivity contribution in [3.63, 3.8) is 0 Å². The van der Waals surface area contributed by atoms with E-state index in [9.17, 15) is 13.2 Å². The molecular formula is C22H34N4O3S. The fourth-order valence-electron chi connectivity index (χ4n) is 3.43. The number of amides is 1. The van der Waals surface area contributed by atoms with Crippen LogP contribution in [0.4, 0.5) is 0 Å². The highest BCUT2D eigenvalue weighted by atomic mass is 32.2. The number of carbonyl (C=O) groups is 1. The second-order valence-electron chi connectivity index (χ2n) is 7.91. The van der Waals surface area contributed by atoms with Crippen LogP contribution in [0.2, 0.25) is 0 Å². The number of aryl methyl sites for hydroxylation is 1. The third-order valence-electron chi connectivity index (χ3n) is 5.16. The zero-order valence-electron chi connectivity index (χ0n) is 18.9. The minimum Gasteiger partial charge on any atom is -0.352 e. The molecular weight excluding hydrogens is 400 g/mol. The number of benzene rings is 1. The van der Waals surface area contributed by atoms with Crippen molar-refractivity contribution in [1.29, 1.82) is 0 Å². The first kappa shape index (κ1) is 24.1. The molecule has 7 nitrogen and oxygen atoms in total. The van der Waals surface area contributed by atoms with Crippen molar-refractivity contribution in [2.24, 2.45) is 5.92 Å². The Kier molecular flexibility index (Phi) is 8.20. The molecule has 0 spiro atoms. The van der Waals surface area contributed by atoms with Crippen molar-refractivity contribution in [2.45, 2.75) is 65.9 Å². The minimum absolute atomic E-state index is 0.0786. The topological polar surface area (TPSA) is 84.3 Å². The van der Waals surface area contributed by atoms with Crippen LogP contribution in [0, 0.1) is 19.8 Å². The van der Waals surface area contributed by atoms with Gasteiger partial charge in [0.1, 0.15) is 0 Å².